The minimum absolute atomic E-state index is 0.284. The molecule has 0 saturated carbocycles. The largest absolute Gasteiger partial charge is 0.311 e. The monoisotopic (exact) mass is 350 g/mol. The Labute approximate surface area is 153 Å². The van der Waals surface area contributed by atoms with Crippen molar-refractivity contribution in [3.63, 3.8) is 0 Å². The van der Waals surface area contributed by atoms with Gasteiger partial charge in [0.25, 0.3) is 0 Å². The molecule has 25 heavy (non-hydrogen) atoms. The van der Waals surface area contributed by atoms with E-state index in [1.165, 1.54) is 4.90 Å². The standard InChI is InChI=1S/C21H22N2OS/c1-2-20(24)21(12-14-23(16-22)15-13-21)18-10-6-7-11-19(18)25-17-8-4-3-5-9-17/h3-11H,2,12-15H2,1H3. The van der Waals surface area contributed by atoms with Crippen LogP contribution in [-0.4, -0.2) is 23.8 Å². The zero-order valence-electron chi connectivity index (χ0n) is 14.4. The Hall–Kier alpha value is -2.25. The SMILES string of the molecule is CCC(=O)C1(c2ccccc2Sc2ccccc2)CCN(C#N)CC1. The topological polar surface area (TPSA) is 44.1 Å². The van der Waals surface area contributed by atoms with Crippen molar-refractivity contribution in [1.82, 2.24) is 4.90 Å². The van der Waals surface area contributed by atoms with Gasteiger partial charge in [-0.05, 0) is 36.6 Å². The van der Waals surface area contributed by atoms with Gasteiger partial charge in [0, 0.05) is 29.3 Å². The van der Waals surface area contributed by atoms with E-state index in [9.17, 15) is 4.79 Å². The van der Waals surface area contributed by atoms with Gasteiger partial charge < -0.3 is 4.90 Å². The second kappa shape index (κ2) is 7.76. The first-order chi connectivity index (χ1) is 12.2. The van der Waals surface area contributed by atoms with Crippen molar-refractivity contribution in [1.29, 1.82) is 5.26 Å². The molecule has 0 aliphatic carbocycles. The van der Waals surface area contributed by atoms with Gasteiger partial charge in [-0.25, -0.2) is 0 Å². The Morgan fingerprint density at radius 2 is 1.76 bits per heavy atom. The van der Waals surface area contributed by atoms with E-state index in [2.05, 4.69) is 30.5 Å². The van der Waals surface area contributed by atoms with Crippen LogP contribution in [0.1, 0.15) is 31.7 Å². The summed E-state index contributed by atoms with van der Waals surface area (Å²) < 4.78 is 0. The molecule has 2 aromatic rings. The van der Waals surface area contributed by atoms with Crippen molar-refractivity contribution in [3.8, 4) is 6.19 Å². The molecule has 0 amide bonds. The molecule has 3 rings (SSSR count). The number of Topliss-reactive ketones (excluding diaryl/α,β-unsaturated/α-hetero) is 1. The lowest BCUT2D eigenvalue weighted by molar-refractivity contribution is -0.126. The Balaban J connectivity index is 2.00. The molecular formula is C21H22N2OS. The average Bonchev–Trinajstić information content (AvgIpc) is 2.68. The maximum atomic E-state index is 13.0. The van der Waals surface area contributed by atoms with Gasteiger partial charge in [0.15, 0.2) is 6.19 Å². The van der Waals surface area contributed by atoms with Crippen molar-refractivity contribution in [2.24, 2.45) is 0 Å². The van der Waals surface area contributed by atoms with Crippen LogP contribution < -0.4 is 0 Å². The molecule has 0 unspecified atom stereocenters. The van der Waals surface area contributed by atoms with Crippen molar-refractivity contribution in [3.05, 3.63) is 60.2 Å². The third-order valence-electron chi connectivity index (χ3n) is 4.99. The molecule has 3 nitrogen and oxygen atoms in total. The van der Waals surface area contributed by atoms with E-state index in [0.717, 1.165) is 10.5 Å². The number of nitrogens with zero attached hydrogens (tertiary/aromatic N) is 2. The third kappa shape index (κ3) is 3.57. The number of hydrogen-bond donors (Lipinski definition) is 0. The fraction of sp³-hybridized carbons (Fsp3) is 0.333. The van der Waals surface area contributed by atoms with Crippen molar-refractivity contribution in [2.45, 2.75) is 41.4 Å². The van der Waals surface area contributed by atoms with Crippen molar-refractivity contribution < 1.29 is 4.79 Å². The predicted octanol–water partition coefficient (Wildman–Crippen LogP) is 4.63. The lowest BCUT2D eigenvalue weighted by Crippen LogP contribution is -2.46. The van der Waals surface area contributed by atoms with Crippen LogP contribution in [-0.2, 0) is 10.2 Å². The number of carbonyl (C=O) groups is 1. The molecule has 0 radical (unpaired) electrons. The summed E-state index contributed by atoms with van der Waals surface area (Å²) in [5.74, 6) is 0.284. The highest BCUT2D eigenvalue weighted by Crippen LogP contribution is 2.43. The van der Waals surface area contributed by atoms with Crippen LogP contribution >= 0.6 is 11.8 Å². The van der Waals surface area contributed by atoms with Crippen molar-refractivity contribution >= 4 is 17.5 Å². The van der Waals surface area contributed by atoms with Gasteiger partial charge in [-0.2, -0.15) is 5.26 Å². The summed E-state index contributed by atoms with van der Waals surface area (Å²) in [6, 6.07) is 18.5. The van der Waals surface area contributed by atoms with E-state index in [-0.39, 0.29) is 5.78 Å². The summed E-state index contributed by atoms with van der Waals surface area (Å²) >= 11 is 1.71. The maximum absolute atomic E-state index is 13.0. The first-order valence-corrected chi connectivity index (χ1v) is 9.51. The Kier molecular flexibility index (Phi) is 5.45. The number of hydrogen-bond acceptors (Lipinski definition) is 4. The minimum Gasteiger partial charge on any atom is -0.311 e. The first-order valence-electron chi connectivity index (χ1n) is 8.70. The summed E-state index contributed by atoms with van der Waals surface area (Å²) in [6.45, 7) is 3.23. The van der Waals surface area contributed by atoms with Crippen LogP contribution in [0.25, 0.3) is 0 Å². The summed E-state index contributed by atoms with van der Waals surface area (Å²) in [6.07, 6.45) is 4.16. The molecule has 0 aromatic heterocycles. The normalized spacial score (nSPS) is 16.2. The molecule has 4 heteroatoms. The highest BCUT2D eigenvalue weighted by atomic mass is 32.2. The van der Waals surface area contributed by atoms with Crippen LogP contribution in [0.3, 0.4) is 0 Å². The minimum atomic E-state index is -0.472. The number of rotatable bonds is 5. The molecule has 2 aromatic carbocycles. The first kappa shape index (κ1) is 17.6. The van der Waals surface area contributed by atoms with Gasteiger partial charge in [0.05, 0.1) is 5.41 Å². The zero-order chi connectivity index (χ0) is 17.7. The van der Waals surface area contributed by atoms with E-state index in [1.54, 1.807) is 16.7 Å². The van der Waals surface area contributed by atoms with Crippen LogP contribution in [0.15, 0.2) is 64.4 Å². The summed E-state index contributed by atoms with van der Waals surface area (Å²) in [7, 11) is 0. The fourth-order valence-electron chi connectivity index (χ4n) is 3.59. The van der Waals surface area contributed by atoms with Crippen LogP contribution in [0, 0.1) is 11.5 Å². The highest BCUT2D eigenvalue weighted by molar-refractivity contribution is 7.99. The van der Waals surface area contributed by atoms with Gasteiger partial charge in [0.1, 0.15) is 5.78 Å². The second-order valence-electron chi connectivity index (χ2n) is 6.36. The van der Waals surface area contributed by atoms with Gasteiger partial charge in [-0.1, -0.05) is 55.1 Å². The van der Waals surface area contributed by atoms with Crippen LogP contribution in [0.5, 0.6) is 0 Å². The average molecular weight is 350 g/mol. The molecule has 0 N–H and O–H groups in total. The Bertz CT molecular complexity index is 774. The maximum Gasteiger partial charge on any atom is 0.179 e. The molecule has 1 fully saturated rings. The van der Waals surface area contributed by atoms with Crippen LogP contribution in [0.2, 0.25) is 0 Å². The number of likely N-dealkylation sites (tertiary alicyclic amines) is 1. The quantitative estimate of drug-likeness (QED) is 0.737. The zero-order valence-corrected chi connectivity index (χ0v) is 15.3. The number of nitriles is 1. The van der Waals surface area contributed by atoms with Gasteiger partial charge in [-0.15, -0.1) is 0 Å². The van der Waals surface area contributed by atoms with Crippen molar-refractivity contribution in [2.75, 3.05) is 13.1 Å². The molecule has 0 spiro atoms. The molecule has 128 valence electrons. The lowest BCUT2D eigenvalue weighted by Gasteiger charge is -2.40. The number of benzene rings is 2. The number of piperidine rings is 1. The smallest absolute Gasteiger partial charge is 0.179 e. The van der Waals surface area contributed by atoms with Crippen LogP contribution in [0.4, 0.5) is 0 Å². The summed E-state index contributed by atoms with van der Waals surface area (Å²) in [5, 5.41) is 9.16. The second-order valence-corrected chi connectivity index (χ2v) is 7.47. The predicted molar refractivity (Wildman–Crippen MR) is 100 cm³/mol. The molecule has 0 bridgehead atoms. The molecule has 1 saturated heterocycles. The van der Waals surface area contributed by atoms with E-state index in [0.29, 0.717) is 32.4 Å². The molecule has 1 aliphatic heterocycles. The summed E-state index contributed by atoms with van der Waals surface area (Å²) in [4.78, 5) is 17.0. The fourth-order valence-corrected chi connectivity index (χ4v) is 4.66. The third-order valence-corrected chi connectivity index (χ3v) is 6.07. The van der Waals surface area contributed by atoms with Gasteiger partial charge >= 0.3 is 0 Å². The van der Waals surface area contributed by atoms with E-state index < -0.39 is 5.41 Å². The van der Waals surface area contributed by atoms with E-state index in [4.69, 9.17) is 5.26 Å². The highest BCUT2D eigenvalue weighted by Gasteiger charge is 2.42. The van der Waals surface area contributed by atoms with E-state index in [1.807, 2.05) is 37.3 Å². The molecular weight excluding hydrogens is 328 g/mol. The lowest BCUT2D eigenvalue weighted by atomic mass is 9.69. The molecule has 1 aliphatic rings. The summed E-state index contributed by atoms with van der Waals surface area (Å²) in [5.41, 5.74) is 0.647. The Morgan fingerprint density at radius 1 is 1.12 bits per heavy atom. The van der Waals surface area contributed by atoms with Gasteiger partial charge in [-0.3, -0.25) is 4.79 Å². The molecule has 1 heterocycles. The van der Waals surface area contributed by atoms with E-state index >= 15 is 0 Å². The van der Waals surface area contributed by atoms with Gasteiger partial charge in [0.2, 0.25) is 0 Å². The number of ketones is 1. The Morgan fingerprint density at radius 3 is 2.40 bits per heavy atom. The number of carbonyl (C=O) groups excluding carboxylic acids is 1. The molecule has 0 atom stereocenters.